The van der Waals surface area contributed by atoms with Crippen LogP contribution in [0.15, 0.2) is 18.2 Å². The zero-order valence-electron chi connectivity index (χ0n) is 13.0. The lowest BCUT2D eigenvalue weighted by Crippen LogP contribution is -1.99. The van der Waals surface area contributed by atoms with Crippen LogP contribution in [0.3, 0.4) is 0 Å². The second-order valence-corrected chi connectivity index (χ2v) is 5.29. The van der Waals surface area contributed by atoms with Gasteiger partial charge in [-0.15, -0.1) is 0 Å². The minimum absolute atomic E-state index is 0.252. The molecule has 1 aromatic rings. The molecular weight excluding hydrogens is 244 g/mol. The number of aliphatic hydroxyl groups is 1. The maximum atomic E-state index is 9.04. The number of aryl methyl sites for hydroxylation is 2. The summed E-state index contributed by atoms with van der Waals surface area (Å²) in [4.78, 5) is 0. The molecule has 1 aromatic carbocycles. The van der Waals surface area contributed by atoms with Crippen molar-refractivity contribution >= 4 is 0 Å². The number of hydrogen-bond donors (Lipinski definition) is 1. The highest BCUT2D eigenvalue weighted by molar-refractivity contribution is 5.47. The van der Waals surface area contributed by atoms with Crippen molar-refractivity contribution in [3.8, 4) is 11.8 Å². The van der Waals surface area contributed by atoms with E-state index in [0.29, 0.717) is 0 Å². The molecule has 1 heteroatoms. The highest BCUT2D eigenvalue weighted by atomic mass is 16.2. The minimum Gasteiger partial charge on any atom is -0.396 e. The Morgan fingerprint density at radius 2 is 1.60 bits per heavy atom. The van der Waals surface area contributed by atoms with Gasteiger partial charge in [0.15, 0.2) is 0 Å². The molecular formula is C19H28O. The molecule has 0 saturated carbocycles. The summed E-state index contributed by atoms with van der Waals surface area (Å²) in [6, 6.07) is 6.51. The molecule has 1 nitrogen and oxygen atoms in total. The maximum absolute atomic E-state index is 9.04. The van der Waals surface area contributed by atoms with Gasteiger partial charge in [-0.1, -0.05) is 56.7 Å². The summed E-state index contributed by atoms with van der Waals surface area (Å²) in [5.74, 6) is 6.73. The fourth-order valence-electron chi connectivity index (χ4n) is 2.28. The van der Waals surface area contributed by atoms with Gasteiger partial charge in [0.25, 0.3) is 0 Å². The second-order valence-electron chi connectivity index (χ2n) is 5.29. The van der Waals surface area contributed by atoms with Gasteiger partial charge in [0.05, 0.1) is 0 Å². The van der Waals surface area contributed by atoms with E-state index in [4.69, 9.17) is 5.11 Å². The lowest BCUT2D eigenvalue weighted by Gasteiger charge is -2.10. The molecule has 1 rings (SSSR count). The van der Waals surface area contributed by atoms with Crippen LogP contribution < -0.4 is 0 Å². The van der Waals surface area contributed by atoms with Crippen molar-refractivity contribution in [2.75, 3.05) is 6.61 Å². The lowest BCUT2D eigenvalue weighted by molar-refractivity contribution is 0.288. The van der Waals surface area contributed by atoms with Gasteiger partial charge in [0.1, 0.15) is 0 Å². The van der Waals surface area contributed by atoms with Crippen molar-refractivity contribution in [2.45, 2.75) is 65.2 Å². The monoisotopic (exact) mass is 272 g/mol. The van der Waals surface area contributed by atoms with E-state index in [2.05, 4.69) is 43.9 Å². The van der Waals surface area contributed by atoms with Crippen LogP contribution in [-0.4, -0.2) is 11.7 Å². The van der Waals surface area contributed by atoms with E-state index in [9.17, 15) is 0 Å². The van der Waals surface area contributed by atoms with Crippen molar-refractivity contribution in [1.29, 1.82) is 0 Å². The van der Waals surface area contributed by atoms with Crippen LogP contribution in [-0.2, 0) is 12.8 Å². The van der Waals surface area contributed by atoms with Gasteiger partial charge in [-0.05, 0) is 43.2 Å². The van der Waals surface area contributed by atoms with E-state index >= 15 is 0 Å². The smallest absolute Gasteiger partial charge is 0.0434 e. The highest BCUT2D eigenvalue weighted by Gasteiger charge is 2.05. The number of rotatable bonds is 8. The Bertz CT molecular complexity index is 411. The average molecular weight is 272 g/mol. The van der Waals surface area contributed by atoms with E-state index in [-0.39, 0.29) is 6.61 Å². The standard InChI is InChI=1S/C19H28O/c1-3-5-7-8-15-19-17(11-6-4-2)12-9-13-18(19)14-10-16-20/h9,12-13,20H,3-7,10-11,14,16H2,1-2H3. The van der Waals surface area contributed by atoms with E-state index < -0.39 is 0 Å². The Morgan fingerprint density at radius 3 is 2.20 bits per heavy atom. The molecule has 0 bridgehead atoms. The zero-order valence-corrected chi connectivity index (χ0v) is 13.0. The van der Waals surface area contributed by atoms with E-state index in [1.54, 1.807) is 0 Å². The summed E-state index contributed by atoms with van der Waals surface area (Å²) in [7, 11) is 0. The normalized spacial score (nSPS) is 10.2. The van der Waals surface area contributed by atoms with Crippen molar-refractivity contribution < 1.29 is 5.11 Å². The topological polar surface area (TPSA) is 20.2 Å². The number of aliphatic hydroxyl groups excluding tert-OH is 1. The average Bonchev–Trinajstić information content (AvgIpc) is 2.48. The molecule has 1 N–H and O–H groups in total. The first-order chi connectivity index (χ1) is 9.83. The van der Waals surface area contributed by atoms with E-state index in [1.807, 2.05) is 0 Å². The van der Waals surface area contributed by atoms with Gasteiger partial charge in [-0.25, -0.2) is 0 Å². The van der Waals surface area contributed by atoms with Crippen LogP contribution in [0.25, 0.3) is 0 Å². The van der Waals surface area contributed by atoms with E-state index in [1.165, 1.54) is 42.4 Å². The lowest BCUT2D eigenvalue weighted by atomic mass is 9.95. The van der Waals surface area contributed by atoms with Crippen molar-refractivity contribution in [3.63, 3.8) is 0 Å². The fraction of sp³-hybridized carbons (Fsp3) is 0.579. The largest absolute Gasteiger partial charge is 0.396 e. The number of unbranched alkanes of at least 4 members (excludes halogenated alkanes) is 3. The number of hydrogen-bond acceptors (Lipinski definition) is 1. The van der Waals surface area contributed by atoms with Crippen molar-refractivity contribution in [1.82, 2.24) is 0 Å². The molecule has 0 spiro atoms. The maximum Gasteiger partial charge on any atom is 0.0434 e. The first-order valence-corrected chi connectivity index (χ1v) is 8.04. The molecule has 20 heavy (non-hydrogen) atoms. The molecule has 0 saturated heterocycles. The van der Waals surface area contributed by atoms with Gasteiger partial charge in [-0.3, -0.25) is 0 Å². The summed E-state index contributed by atoms with van der Waals surface area (Å²) in [5, 5.41) is 9.04. The summed E-state index contributed by atoms with van der Waals surface area (Å²) >= 11 is 0. The minimum atomic E-state index is 0.252. The summed E-state index contributed by atoms with van der Waals surface area (Å²) in [6.45, 7) is 4.67. The third kappa shape index (κ3) is 5.80. The van der Waals surface area contributed by atoms with Gasteiger partial charge < -0.3 is 5.11 Å². The third-order valence-electron chi connectivity index (χ3n) is 3.51. The van der Waals surface area contributed by atoms with Gasteiger partial charge in [-0.2, -0.15) is 0 Å². The first kappa shape index (κ1) is 16.8. The van der Waals surface area contributed by atoms with Crippen molar-refractivity contribution in [2.24, 2.45) is 0 Å². The Hall–Kier alpha value is -1.26. The Balaban J connectivity index is 2.93. The molecule has 0 heterocycles. The molecule has 0 fully saturated rings. The molecule has 0 radical (unpaired) electrons. The Morgan fingerprint density at radius 1 is 0.950 bits per heavy atom. The van der Waals surface area contributed by atoms with Crippen LogP contribution in [0.4, 0.5) is 0 Å². The first-order valence-electron chi connectivity index (χ1n) is 8.04. The van der Waals surface area contributed by atoms with Crippen LogP contribution in [0, 0.1) is 11.8 Å². The quantitative estimate of drug-likeness (QED) is 0.546. The van der Waals surface area contributed by atoms with E-state index in [0.717, 1.165) is 25.7 Å². The van der Waals surface area contributed by atoms with Crippen LogP contribution >= 0.6 is 0 Å². The molecule has 0 amide bonds. The Kier molecular flexibility index (Phi) is 8.83. The number of benzene rings is 1. The summed E-state index contributed by atoms with van der Waals surface area (Å²) < 4.78 is 0. The molecule has 0 aromatic heterocycles. The molecule has 0 aliphatic heterocycles. The Labute approximate surface area is 124 Å². The summed E-state index contributed by atoms with van der Waals surface area (Å²) in [5.41, 5.74) is 3.91. The molecule has 0 aliphatic rings. The van der Waals surface area contributed by atoms with Gasteiger partial charge in [0.2, 0.25) is 0 Å². The summed E-state index contributed by atoms with van der Waals surface area (Å²) in [6.07, 6.45) is 8.64. The predicted molar refractivity (Wildman–Crippen MR) is 86.9 cm³/mol. The predicted octanol–water partition coefficient (Wildman–Crippen LogP) is 4.50. The molecule has 0 atom stereocenters. The molecule has 0 aliphatic carbocycles. The molecule has 0 unspecified atom stereocenters. The van der Waals surface area contributed by atoms with Gasteiger partial charge >= 0.3 is 0 Å². The van der Waals surface area contributed by atoms with Crippen LogP contribution in [0.2, 0.25) is 0 Å². The van der Waals surface area contributed by atoms with Crippen LogP contribution in [0.1, 0.15) is 69.1 Å². The zero-order chi connectivity index (χ0) is 14.6. The van der Waals surface area contributed by atoms with Crippen LogP contribution in [0.5, 0.6) is 0 Å². The third-order valence-corrected chi connectivity index (χ3v) is 3.51. The molecule has 110 valence electrons. The van der Waals surface area contributed by atoms with Gasteiger partial charge in [0, 0.05) is 18.6 Å². The van der Waals surface area contributed by atoms with Crippen molar-refractivity contribution in [3.05, 3.63) is 34.9 Å². The highest BCUT2D eigenvalue weighted by Crippen LogP contribution is 2.18. The fourth-order valence-corrected chi connectivity index (χ4v) is 2.28. The SMILES string of the molecule is CCCCC#Cc1c(CCCC)cccc1CCCO. The second kappa shape index (κ2) is 10.5.